The van der Waals surface area contributed by atoms with E-state index in [4.69, 9.17) is 9.47 Å². The van der Waals surface area contributed by atoms with Crippen LogP contribution in [0.4, 0.5) is 0 Å². The van der Waals surface area contributed by atoms with Crippen molar-refractivity contribution in [2.24, 2.45) is 0 Å². The lowest BCUT2D eigenvalue weighted by Gasteiger charge is -2.17. The molecule has 0 aliphatic heterocycles. The summed E-state index contributed by atoms with van der Waals surface area (Å²) in [6.45, 7) is 2.69. The zero-order valence-electron chi connectivity index (χ0n) is 13.8. The first-order valence-corrected chi connectivity index (χ1v) is 8.80. The fraction of sp³-hybridized carbons (Fsp3) is 0.316. The average Bonchev–Trinajstić information content (AvgIpc) is 2.58. The molecule has 24 heavy (non-hydrogen) atoms. The van der Waals surface area contributed by atoms with Crippen LogP contribution in [0, 0.1) is 6.92 Å². The molecule has 0 saturated carbocycles. The highest BCUT2D eigenvalue weighted by Gasteiger charge is 2.20. The minimum atomic E-state index is -0.530. The molecule has 2 rings (SSSR count). The summed E-state index contributed by atoms with van der Waals surface area (Å²) in [6, 6.07) is 11.5. The molecule has 128 valence electrons. The van der Waals surface area contributed by atoms with Gasteiger partial charge in [-0.15, -0.1) is 0 Å². The van der Waals surface area contributed by atoms with E-state index in [1.165, 1.54) is 7.11 Å². The second kappa shape index (κ2) is 8.85. The summed E-state index contributed by atoms with van der Waals surface area (Å²) in [5, 5.41) is 11.0. The summed E-state index contributed by atoms with van der Waals surface area (Å²) in [5.74, 6) is -0.603. The quantitative estimate of drug-likeness (QED) is 0.568. The first-order valence-electron chi connectivity index (χ1n) is 7.68. The van der Waals surface area contributed by atoms with Crippen molar-refractivity contribution in [3.63, 3.8) is 0 Å². The van der Waals surface area contributed by atoms with E-state index in [9.17, 15) is 9.90 Å². The smallest absolute Gasteiger partial charge is 0.341 e. The maximum Gasteiger partial charge on any atom is 0.341 e. The second-order valence-electron chi connectivity index (χ2n) is 5.44. The molecule has 0 aliphatic carbocycles. The molecule has 0 aliphatic rings. The normalized spacial score (nSPS) is 10.6. The number of phenols is 1. The Hall–Kier alpha value is -1.85. The molecule has 0 aromatic heterocycles. The van der Waals surface area contributed by atoms with Crippen LogP contribution < -0.4 is 0 Å². The Kier molecular flexibility index (Phi) is 6.82. The monoisotopic (exact) mass is 392 g/mol. The van der Waals surface area contributed by atoms with Crippen LogP contribution >= 0.6 is 15.9 Å². The van der Waals surface area contributed by atoms with Gasteiger partial charge in [0.05, 0.1) is 20.3 Å². The Morgan fingerprint density at radius 2 is 1.92 bits per heavy atom. The Labute approximate surface area is 150 Å². The average molecular weight is 393 g/mol. The summed E-state index contributed by atoms with van der Waals surface area (Å²) in [6.07, 6.45) is 0.736. The van der Waals surface area contributed by atoms with E-state index in [-0.39, 0.29) is 11.3 Å². The Balaban J connectivity index is 2.23. The zero-order valence-corrected chi connectivity index (χ0v) is 15.4. The minimum absolute atomic E-state index is 0.0732. The number of carbonyl (C=O) groups is 1. The number of hydrogen-bond acceptors (Lipinski definition) is 4. The van der Waals surface area contributed by atoms with Crippen molar-refractivity contribution in [2.75, 3.05) is 12.4 Å². The Morgan fingerprint density at radius 1 is 1.21 bits per heavy atom. The highest BCUT2D eigenvalue weighted by molar-refractivity contribution is 9.09. The molecule has 2 aromatic rings. The van der Waals surface area contributed by atoms with Crippen LogP contribution in [-0.2, 0) is 29.1 Å². The molecule has 0 saturated heterocycles. The molecular weight excluding hydrogens is 372 g/mol. The van der Waals surface area contributed by atoms with E-state index in [2.05, 4.69) is 15.9 Å². The summed E-state index contributed by atoms with van der Waals surface area (Å²) >= 11 is 3.44. The van der Waals surface area contributed by atoms with Crippen LogP contribution in [0.2, 0.25) is 0 Å². The van der Waals surface area contributed by atoms with E-state index in [0.29, 0.717) is 13.2 Å². The molecule has 4 nitrogen and oxygen atoms in total. The predicted octanol–water partition coefficient (Wildman–Crippen LogP) is 4.14. The highest BCUT2D eigenvalue weighted by Crippen LogP contribution is 2.30. The van der Waals surface area contributed by atoms with Crippen molar-refractivity contribution in [3.8, 4) is 5.75 Å². The first kappa shape index (κ1) is 18.5. The van der Waals surface area contributed by atoms with Gasteiger partial charge in [0.2, 0.25) is 0 Å². The van der Waals surface area contributed by atoms with Crippen LogP contribution in [0.1, 0.15) is 32.6 Å². The zero-order chi connectivity index (χ0) is 17.5. The highest BCUT2D eigenvalue weighted by atomic mass is 79.9. The van der Waals surface area contributed by atoms with Gasteiger partial charge in [-0.1, -0.05) is 46.3 Å². The van der Waals surface area contributed by atoms with Gasteiger partial charge in [-0.05, 0) is 41.7 Å². The van der Waals surface area contributed by atoms with Gasteiger partial charge in [0.25, 0.3) is 0 Å². The van der Waals surface area contributed by atoms with Crippen molar-refractivity contribution in [2.45, 2.75) is 26.6 Å². The number of carbonyl (C=O) groups excluding carboxylic acids is 1. The van der Waals surface area contributed by atoms with Gasteiger partial charge in [-0.2, -0.15) is 0 Å². The third-order valence-electron chi connectivity index (χ3n) is 3.89. The molecule has 5 heteroatoms. The van der Waals surface area contributed by atoms with E-state index < -0.39 is 5.97 Å². The van der Waals surface area contributed by atoms with Gasteiger partial charge >= 0.3 is 5.97 Å². The third kappa shape index (κ3) is 4.36. The van der Waals surface area contributed by atoms with Crippen molar-refractivity contribution in [1.29, 1.82) is 0 Å². The number of rotatable bonds is 7. The fourth-order valence-corrected chi connectivity index (χ4v) is 3.09. The van der Waals surface area contributed by atoms with Crippen molar-refractivity contribution in [3.05, 3.63) is 64.2 Å². The maximum atomic E-state index is 11.9. The molecule has 0 radical (unpaired) electrons. The Morgan fingerprint density at radius 3 is 2.54 bits per heavy atom. The van der Waals surface area contributed by atoms with E-state index in [1.54, 1.807) is 6.07 Å². The number of esters is 1. The largest absolute Gasteiger partial charge is 0.507 e. The van der Waals surface area contributed by atoms with Crippen LogP contribution in [0.3, 0.4) is 0 Å². The van der Waals surface area contributed by atoms with Gasteiger partial charge in [-0.25, -0.2) is 4.79 Å². The molecular formula is C19H21BrO4. The topological polar surface area (TPSA) is 55.8 Å². The second-order valence-corrected chi connectivity index (χ2v) is 6.24. The van der Waals surface area contributed by atoms with Gasteiger partial charge < -0.3 is 14.6 Å². The minimum Gasteiger partial charge on any atom is -0.507 e. The number of aromatic hydroxyl groups is 1. The lowest BCUT2D eigenvalue weighted by molar-refractivity contribution is 0.0596. The van der Waals surface area contributed by atoms with Crippen LogP contribution in [0.25, 0.3) is 0 Å². The molecule has 0 atom stereocenters. The van der Waals surface area contributed by atoms with Crippen LogP contribution in [0.15, 0.2) is 36.4 Å². The van der Waals surface area contributed by atoms with E-state index in [0.717, 1.165) is 34.0 Å². The summed E-state index contributed by atoms with van der Waals surface area (Å²) in [7, 11) is 1.31. The van der Waals surface area contributed by atoms with Gasteiger partial charge in [-0.3, -0.25) is 0 Å². The first-order chi connectivity index (χ1) is 11.6. The van der Waals surface area contributed by atoms with Gasteiger partial charge in [0.15, 0.2) is 0 Å². The molecule has 0 heterocycles. The van der Waals surface area contributed by atoms with Gasteiger partial charge in [0, 0.05) is 5.33 Å². The molecule has 0 unspecified atom stereocenters. The number of ether oxygens (including phenoxy) is 2. The standard InChI is InChI=1S/C19H21BrO4/c1-13-16(8-9-20)15(10-17(21)18(13)19(22)23-2)12-24-11-14-6-4-3-5-7-14/h3-7,10,21H,8-9,11-12H2,1-2H3. The van der Waals surface area contributed by atoms with Crippen molar-refractivity contribution < 1.29 is 19.4 Å². The van der Waals surface area contributed by atoms with Crippen molar-refractivity contribution >= 4 is 21.9 Å². The SMILES string of the molecule is COC(=O)c1c(O)cc(COCc2ccccc2)c(CCBr)c1C. The maximum absolute atomic E-state index is 11.9. The Bertz CT molecular complexity index is 698. The fourth-order valence-electron chi connectivity index (χ4n) is 2.69. The lowest BCUT2D eigenvalue weighted by atomic mass is 9.94. The number of phenolic OH excluding ortho intramolecular Hbond substituents is 1. The molecule has 2 aromatic carbocycles. The van der Waals surface area contributed by atoms with Crippen LogP contribution in [0.5, 0.6) is 5.75 Å². The number of hydrogen-bond donors (Lipinski definition) is 1. The molecule has 0 spiro atoms. The van der Waals surface area contributed by atoms with Crippen molar-refractivity contribution in [1.82, 2.24) is 0 Å². The molecule has 1 N–H and O–H groups in total. The molecule has 0 amide bonds. The summed E-state index contributed by atoms with van der Waals surface area (Å²) < 4.78 is 10.6. The summed E-state index contributed by atoms with van der Waals surface area (Å²) in [4.78, 5) is 11.9. The summed E-state index contributed by atoms with van der Waals surface area (Å²) in [5.41, 5.74) is 3.93. The number of halogens is 1. The van der Waals surface area contributed by atoms with Gasteiger partial charge in [0.1, 0.15) is 11.3 Å². The number of alkyl halides is 1. The third-order valence-corrected chi connectivity index (χ3v) is 4.28. The number of benzene rings is 2. The molecule has 0 fully saturated rings. The lowest BCUT2D eigenvalue weighted by Crippen LogP contribution is -2.10. The molecule has 0 bridgehead atoms. The van der Waals surface area contributed by atoms with E-state index >= 15 is 0 Å². The number of methoxy groups -OCH3 is 1. The predicted molar refractivity (Wildman–Crippen MR) is 96.6 cm³/mol. The van der Waals surface area contributed by atoms with Crippen LogP contribution in [-0.4, -0.2) is 23.5 Å². The van der Waals surface area contributed by atoms with E-state index in [1.807, 2.05) is 37.3 Å².